The number of para-hydroxylation sites is 2. The summed E-state index contributed by atoms with van der Waals surface area (Å²) in [4.78, 5) is 3.59. The largest absolute Gasteiger partial charge is 0.497 e. The zero-order chi connectivity index (χ0) is 19.0. The van der Waals surface area contributed by atoms with E-state index in [1.54, 1.807) is 7.11 Å². The van der Waals surface area contributed by atoms with Gasteiger partial charge in [0.2, 0.25) is 0 Å². The summed E-state index contributed by atoms with van der Waals surface area (Å²) in [6.45, 7) is 8.70. The Balaban J connectivity index is 1.81. The van der Waals surface area contributed by atoms with Gasteiger partial charge in [0.1, 0.15) is 41.8 Å². The van der Waals surface area contributed by atoms with Gasteiger partial charge < -0.3 is 10.1 Å². The Morgan fingerprint density at radius 3 is 2.52 bits per heavy atom. The summed E-state index contributed by atoms with van der Waals surface area (Å²) in [6, 6.07) is 16.7. The predicted molar refractivity (Wildman–Crippen MR) is 108 cm³/mol. The van der Waals surface area contributed by atoms with Gasteiger partial charge in [0.25, 0.3) is 0 Å². The Labute approximate surface area is 159 Å². The van der Waals surface area contributed by atoms with E-state index in [4.69, 9.17) is 4.74 Å². The van der Waals surface area contributed by atoms with Gasteiger partial charge in [-0.3, -0.25) is 0 Å². The third-order valence-electron chi connectivity index (χ3n) is 4.93. The number of rotatable bonds is 5. The van der Waals surface area contributed by atoms with Crippen molar-refractivity contribution in [3.63, 3.8) is 0 Å². The van der Waals surface area contributed by atoms with Crippen LogP contribution in [0.15, 0.2) is 54.7 Å². The minimum absolute atomic E-state index is 0.222. The number of fused-ring (bicyclic) bond motifs is 3. The van der Waals surface area contributed by atoms with E-state index in [0.717, 1.165) is 30.1 Å². The van der Waals surface area contributed by atoms with Crippen LogP contribution in [0, 0.1) is 0 Å². The van der Waals surface area contributed by atoms with Crippen LogP contribution in [0.2, 0.25) is 0 Å². The second-order valence-electron chi connectivity index (χ2n) is 8.09. The molecule has 5 nitrogen and oxygen atoms in total. The van der Waals surface area contributed by atoms with Gasteiger partial charge in [-0.1, -0.05) is 12.1 Å². The van der Waals surface area contributed by atoms with Crippen LogP contribution in [0.25, 0.3) is 28.1 Å². The minimum atomic E-state index is 0.222. The van der Waals surface area contributed by atoms with Gasteiger partial charge in [-0.15, -0.1) is 0 Å². The van der Waals surface area contributed by atoms with Crippen molar-refractivity contribution < 1.29 is 14.5 Å². The summed E-state index contributed by atoms with van der Waals surface area (Å²) in [5, 5.41) is 2.39. The zero-order valence-electron chi connectivity index (χ0n) is 16.5. The molecule has 0 aliphatic heterocycles. The molecular formula is C22H28N4O+2. The van der Waals surface area contributed by atoms with Crippen molar-refractivity contribution in [3.05, 3.63) is 54.7 Å². The van der Waals surface area contributed by atoms with Crippen molar-refractivity contribution in [2.75, 3.05) is 13.7 Å². The van der Waals surface area contributed by atoms with Crippen LogP contribution in [-0.4, -0.2) is 28.7 Å². The van der Waals surface area contributed by atoms with Gasteiger partial charge in [-0.05, 0) is 57.2 Å². The monoisotopic (exact) mass is 364 g/mol. The molecule has 2 aromatic heterocycles. The lowest BCUT2D eigenvalue weighted by Crippen LogP contribution is -2.94. The van der Waals surface area contributed by atoms with E-state index in [0.29, 0.717) is 0 Å². The predicted octanol–water partition coefficient (Wildman–Crippen LogP) is 2.75. The fraction of sp³-hybridized carbons (Fsp3) is 0.318. The quantitative estimate of drug-likeness (QED) is 0.526. The topological polar surface area (TPSA) is 50.7 Å². The number of imidazole rings is 2. The fourth-order valence-corrected chi connectivity index (χ4v) is 3.56. The highest BCUT2D eigenvalue weighted by Crippen LogP contribution is 2.24. The molecule has 2 aromatic carbocycles. The molecule has 4 aromatic rings. The molecular weight excluding hydrogens is 336 g/mol. The van der Waals surface area contributed by atoms with Crippen LogP contribution in [0.5, 0.6) is 5.75 Å². The lowest BCUT2D eigenvalue weighted by Gasteiger charge is -2.16. The van der Waals surface area contributed by atoms with Crippen molar-refractivity contribution in [1.82, 2.24) is 9.55 Å². The molecule has 0 unspecified atom stereocenters. The first-order valence-electron chi connectivity index (χ1n) is 9.47. The summed E-state index contributed by atoms with van der Waals surface area (Å²) in [5.74, 6) is 1.99. The van der Waals surface area contributed by atoms with Gasteiger partial charge in [-0.25, -0.2) is 9.55 Å². The summed E-state index contributed by atoms with van der Waals surface area (Å²) in [7, 11) is 1.70. The van der Waals surface area contributed by atoms with E-state index >= 15 is 0 Å². The van der Waals surface area contributed by atoms with Gasteiger partial charge in [0.05, 0.1) is 12.6 Å². The van der Waals surface area contributed by atoms with Crippen LogP contribution >= 0.6 is 0 Å². The molecule has 140 valence electrons. The van der Waals surface area contributed by atoms with Gasteiger partial charge in [0.15, 0.2) is 0 Å². The number of nitrogens with zero attached hydrogens (tertiary/aromatic N) is 2. The highest BCUT2D eigenvalue weighted by molar-refractivity contribution is 5.74. The summed E-state index contributed by atoms with van der Waals surface area (Å²) in [6.07, 6.45) is 2.23. The maximum atomic E-state index is 5.32. The van der Waals surface area contributed by atoms with Gasteiger partial charge in [0, 0.05) is 5.56 Å². The Morgan fingerprint density at radius 2 is 1.81 bits per heavy atom. The normalized spacial score (nSPS) is 12.1. The lowest BCUT2D eigenvalue weighted by molar-refractivity contribution is -0.717. The van der Waals surface area contributed by atoms with E-state index in [2.05, 4.69) is 82.6 Å². The Morgan fingerprint density at radius 1 is 1.07 bits per heavy atom. The van der Waals surface area contributed by atoms with E-state index in [-0.39, 0.29) is 5.54 Å². The molecule has 0 bridgehead atoms. The molecule has 0 amide bonds. The maximum Gasteiger partial charge on any atom is 0.368 e. The van der Waals surface area contributed by atoms with Crippen molar-refractivity contribution in [2.24, 2.45) is 0 Å². The van der Waals surface area contributed by atoms with Crippen LogP contribution in [0.1, 0.15) is 20.8 Å². The summed E-state index contributed by atoms with van der Waals surface area (Å²) in [5.41, 5.74) is 4.97. The maximum absolute atomic E-state index is 5.32. The molecule has 27 heavy (non-hydrogen) atoms. The third-order valence-corrected chi connectivity index (χ3v) is 4.93. The number of methoxy groups -OCH3 is 1. The highest BCUT2D eigenvalue weighted by Gasteiger charge is 2.23. The van der Waals surface area contributed by atoms with Gasteiger partial charge in [-0.2, -0.15) is 4.40 Å². The molecule has 0 aliphatic carbocycles. The molecule has 4 rings (SSSR count). The zero-order valence-corrected chi connectivity index (χ0v) is 16.5. The molecule has 2 heterocycles. The number of benzene rings is 2. The molecule has 3 N–H and O–H groups in total. The second kappa shape index (κ2) is 6.74. The molecule has 5 heteroatoms. The van der Waals surface area contributed by atoms with Gasteiger partial charge >= 0.3 is 5.78 Å². The first-order valence-corrected chi connectivity index (χ1v) is 9.47. The number of hydrogen-bond acceptors (Lipinski definition) is 1. The Hall–Kier alpha value is -2.79. The molecule has 0 fully saturated rings. The number of hydrogen-bond donors (Lipinski definition) is 2. The SMILES string of the molecule is COc1ccc(-c2c[n+]3c4ccccc4[nH]c3n2CC[NH2+]C(C)(C)C)cc1. The van der Waals surface area contributed by atoms with Crippen LogP contribution in [0.4, 0.5) is 0 Å². The van der Waals surface area contributed by atoms with E-state index in [1.807, 2.05) is 12.1 Å². The molecule has 0 radical (unpaired) electrons. The fourth-order valence-electron chi connectivity index (χ4n) is 3.56. The third kappa shape index (κ3) is 3.43. The van der Waals surface area contributed by atoms with Crippen molar-refractivity contribution in [1.29, 1.82) is 0 Å². The Kier molecular flexibility index (Phi) is 4.40. The summed E-state index contributed by atoms with van der Waals surface area (Å²) >= 11 is 0. The molecule has 0 saturated heterocycles. The van der Waals surface area contributed by atoms with E-state index in [1.165, 1.54) is 16.8 Å². The van der Waals surface area contributed by atoms with Crippen LogP contribution < -0.4 is 14.5 Å². The van der Waals surface area contributed by atoms with Crippen molar-refractivity contribution in [2.45, 2.75) is 32.9 Å². The second-order valence-corrected chi connectivity index (χ2v) is 8.09. The number of nitrogens with two attached hydrogens (primary N) is 1. The summed E-state index contributed by atoms with van der Waals surface area (Å²) < 4.78 is 9.95. The molecule has 0 saturated carbocycles. The number of H-pyrrole nitrogens is 1. The van der Waals surface area contributed by atoms with E-state index < -0.39 is 0 Å². The van der Waals surface area contributed by atoms with Crippen molar-refractivity contribution in [3.8, 4) is 17.0 Å². The number of aromatic nitrogens is 3. The number of quaternary nitrogens is 1. The first kappa shape index (κ1) is 17.6. The minimum Gasteiger partial charge on any atom is -0.497 e. The molecule has 0 aliphatic rings. The number of aromatic amines is 1. The van der Waals surface area contributed by atoms with Crippen LogP contribution in [-0.2, 0) is 6.54 Å². The van der Waals surface area contributed by atoms with E-state index in [9.17, 15) is 0 Å². The molecule has 0 atom stereocenters. The first-order chi connectivity index (χ1) is 13.0. The smallest absolute Gasteiger partial charge is 0.368 e. The Bertz CT molecular complexity index is 1070. The average molecular weight is 364 g/mol. The average Bonchev–Trinajstić information content (AvgIpc) is 3.18. The number of ether oxygens (including phenoxy) is 1. The number of nitrogens with one attached hydrogen (secondary N) is 1. The highest BCUT2D eigenvalue weighted by atomic mass is 16.5. The molecule has 0 spiro atoms. The van der Waals surface area contributed by atoms with Crippen LogP contribution in [0.3, 0.4) is 0 Å². The lowest BCUT2D eigenvalue weighted by atomic mass is 10.1. The van der Waals surface area contributed by atoms with Crippen molar-refractivity contribution >= 4 is 16.8 Å². The standard InChI is InChI=1S/C22H26N4O/c1-22(2,3)23-13-14-25-20(16-9-11-17(27-4)12-10-16)15-26-19-8-6-5-7-18(19)24-21(25)26/h5-12,15,23H,13-14H2,1-4H3/p+2.